The van der Waals surface area contributed by atoms with Crippen LogP contribution in [0.4, 0.5) is 0 Å². The number of piperazine rings is 1. The monoisotopic (exact) mass is 309 g/mol. The summed E-state index contributed by atoms with van der Waals surface area (Å²) in [5.41, 5.74) is 7.61. The molecule has 118 valence electrons. The fourth-order valence-corrected chi connectivity index (χ4v) is 3.47. The van der Waals surface area contributed by atoms with Gasteiger partial charge in [-0.25, -0.2) is 0 Å². The summed E-state index contributed by atoms with van der Waals surface area (Å²) >= 11 is 6.43. The van der Waals surface area contributed by atoms with Crippen LogP contribution in [-0.4, -0.2) is 48.6 Å². The van der Waals surface area contributed by atoms with Gasteiger partial charge in [-0.05, 0) is 31.0 Å². The Hall–Kier alpha value is -0.610. The first kappa shape index (κ1) is 16.8. The summed E-state index contributed by atoms with van der Waals surface area (Å²) in [5, 5.41) is 0.836. The Kier molecular flexibility index (Phi) is 6.49. The summed E-state index contributed by atoms with van der Waals surface area (Å²) in [5.74, 6) is 0. The van der Waals surface area contributed by atoms with E-state index in [4.69, 9.17) is 17.3 Å². The second-order valence-electron chi connectivity index (χ2n) is 5.92. The molecule has 1 aromatic rings. The van der Waals surface area contributed by atoms with Crippen molar-refractivity contribution in [3.05, 3.63) is 34.9 Å². The van der Waals surface area contributed by atoms with Crippen molar-refractivity contribution in [1.82, 2.24) is 9.80 Å². The number of hydrogen-bond acceptors (Lipinski definition) is 3. The molecule has 3 nitrogen and oxygen atoms in total. The van der Waals surface area contributed by atoms with Crippen molar-refractivity contribution in [2.24, 2.45) is 5.73 Å². The molecular weight excluding hydrogens is 282 g/mol. The van der Waals surface area contributed by atoms with Gasteiger partial charge in [-0.1, -0.05) is 43.6 Å². The van der Waals surface area contributed by atoms with Gasteiger partial charge in [0.2, 0.25) is 0 Å². The lowest BCUT2D eigenvalue weighted by atomic mass is 9.95. The van der Waals surface area contributed by atoms with Gasteiger partial charge in [-0.15, -0.1) is 0 Å². The van der Waals surface area contributed by atoms with Gasteiger partial charge in [0.05, 0.1) is 6.04 Å². The first-order chi connectivity index (χ1) is 10.2. The molecule has 0 aliphatic carbocycles. The van der Waals surface area contributed by atoms with Gasteiger partial charge in [-0.2, -0.15) is 0 Å². The molecule has 2 rings (SSSR count). The minimum Gasteiger partial charge on any atom is -0.326 e. The Morgan fingerprint density at radius 3 is 2.38 bits per heavy atom. The predicted octanol–water partition coefficient (Wildman–Crippen LogP) is 3.15. The zero-order valence-corrected chi connectivity index (χ0v) is 14.0. The number of hydrogen-bond donors (Lipinski definition) is 1. The summed E-state index contributed by atoms with van der Waals surface area (Å²) in [6, 6.07) is 8.50. The van der Waals surface area contributed by atoms with Crippen molar-refractivity contribution in [3.8, 4) is 0 Å². The Bertz CT molecular complexity index is 430. The van der Waals surface area contributed by atoms with Crippen LogP contribution in [-0.2, 0) is 0 Å². The van der Waals surface area contributed by atoms with Gasteiger partial charge in [0, 0.05) is 37.2 Å². The van der Waals surface area contributed by atoms with Crippen LogP contribution < -0.4 is 5.73 Å². The first-order valence-electron chi connectivity index (χ1n) is 8.13. The van der Waals surface area contributed by atoms with Crippen molar-refractivity contribution in [2.75, 3.05) is 32.7 Å². The van der Waals surface area contributed by atoms with Gasteiger partial charge < -0.3 is 10.6 Å². The van der Waals surface area contributed by atoms with Crippen molar-refractivity contribution in [3.63, 3.8) is 0 Å². The van der Waals surface area contributed by atoms with Crippen LogP contribution in [0.2, 0.25) is 5.02 Å². The highest BCUT2D eigenvalue weighted by molar-refractivity contribution is 6.31. The molecule has 2 N–H and O–H groups in total. The van der Waals surface area contributed by atoms with Crippen LogP contribution in [0.15, 0.2) is 24.3 Å². The highest BCUT2D eigenvalue weighted by Gasteiger charge is 2.29. The average molecular weight is 310 g/mol. The third kappa shape index (κ3) is 4.19. The molecule has 1 saturated heterocycles. The zero-order valence-electron chi connectivity index (χ0n) is 13.3. The van der Waals surface area contributed by atoms with E-state index in [2.05, 4.69) is 35.8 Å². The maximum Gasteiger partial charge on any atom is 0.0514 e. The smallest absolute Gasteiger partial charge is 0.0514 e. The largest absolute Gasteiger partial charge is 0.326 e. The molecule has 0 amide bonds. The molecule has 1 heterocycles. The normalized spacial score (nSPS) is 20.4. The maximum atomic E-state index is 6.43. The first-order valence-corrected chi connectivity index (χ1v) is 8.51. The van der Waals surface area contributed by atoms with Crippen molar-refractivity contribution >= 4 is 11.6 Å². The lowest BCUT2D eigenvalue weighted by Crippen LogP contribution is -2.51. The fourth-order valence-electron chi connectivity index (χ4n) is 3.22. The number of nitrogens with two attached hydrogens (primary N) is 1. The molecule has 1 aromatic carbocycles. The summed E-state index contributed by atoms with van der Waals surface area (Å²) in [6.45, 7) is 10.0. The molecule has 0 saturated carbocycles. The molecule has 0 radical (unpaired) electrons. The van der Waals surface area contributed by atoms with E-state index >= 15 is 0 Å². The number of rotatable bonds is 6. The van der Waals surface area contributed by atoms with E-state index < -0.39 is 0 Å². The molecule has 0 aromatic heterocycles. The Morgan fingerprint density at radius 1 is 1.14 bits per heavy atom. The second-order valence-corrected chi connectivity index (χ2v) is 6.32. The number of halogens is 1. The van der Waals surface area contributed by atoms with Crippen LogP contribution in [0.1, 0.15) is 38.3 Å². The van der Waals surface area contributed by atoms with Crippen LogP contribution in [0.3, 0.4) is 0 Å². The quantitative estimate of drug-likeness (QED) is 0.876. The lowest BCUT2D eigenvalue weighted by molar-refractivity contribution is 0.0837. The molecule has 21 heavy (non-hydrogen) atoms. The van der Waals surface area contributed by atoms with Crippen LogP contribution in [0.25, 0.3) is 0 Å². The molecule has 1 fully saturated rings. The average Bonchev–Trinajstić information content (AvgIpc) is 2.51. The van der Waals surface area contributed by atoms with Crippen molar-refractivity contribution in [1.29, 1.82) is 0 Å². The third-order valence-electron chi connectivity index (χ3n) is 4.44. The zero-order chi connectivity index (χ0) is 15.2. The standard InChI is InChI=1S/C17H28ClN3/c1-3-9-20-10-12-21(13-11-20)17(16(19)4-2)14-7-5-6-8-15(14)18/h5-8,16-17H,3-4,9-13,19H2,1-2H3. The summed E-state index contributed by atoms with van der Waals surface area (Å²) in [6.07, 6.45) is 2.19. The number of benzene rings is 1. The molecule has 1 aliphatic rings. The van der Waals surface area contributed by atoms with E-state index in [0.717, 1.165) is 37.6 Å². The third-order valence-corrected chi connectivity index (χ3v) is 4.79. The molecule has 0 bridgehead atoms. The molecular formula is C17H28ClN3. The van der Waals surface area contributed by atoms with E-state index in [1.165, 1.54) is 18.5 Å². The van der Waals surface area contributed by atoms with Gasteiger partial charge in [0.25, 0.3) is 0 Å². The lowest BCUT2D eigenvalue weighted by Gasteiger charge is -2.41. The molecule has 4 heteroatoms. The Labute approximate surface area is 134 Å². The highest BCUT2D eigenvalue weighted by atomic mass is 35.5. The molecule has 2 atom stereocenters. The van der Waals surface area contributed by atoms with Crippen LogP contribution >= 0.6 is 11.6 Å². The topological polar surface area (TPSA) is 32.5 Å². The van der Waals surface area contributed by atoms with Crippen LogP contribution in [0, 0.1) is 0 Å². The Balaban J connectivity index is 2.13. The van der Waals surface area contributed by atoms with E-state index in [-0.39, 0.29) is 12.1 Å². The van der Waals surface area contributed by atoms with E-state index in [1.54, 1.807) is 0 Å². The van der Waals surface area contributed by atoms with E-state index in [1.807, 2.05) is 12.1 Å². The van der Waals surface area contributed by atoms with Crippen molar-refractivity contribution < 1.29 is 0 Å². The fraction of sp³-hybridized carbons (Fsp3) is 0.647. The number of nitrogens with zero attached hydrogens (tertiary/aromatic N) is 2. The van der Waals surface area contributed by atoms with Crippen LogP contribution in [0.5, 0.6) is 0 Å². The van der Waals surface area contributed by atoms with Crippen molar-refractivity contribution in [2.45, 2.75) is 38.8 Å². The van der Waals surface area contributed by atoms with E-state index in [0.29, 0.717) is 0 Å². The molecule has 0 spiro atoms. The van der Waals surface area contributed by atoms with Gasteiger partial charge in [-0.3, -0.25) is 4.90 Å². The molecule has 1 aliphatic heterocycles. The summed E-state index contributed by atoms with van der Waals surface area (Å²) < 4.78 is 0. The SMILES string of the molecule is CCCN1CCN(C(c2ccccc2Cl)C(N)CC)CC1. The minimum atomic E-state index is 0.127. The van der Waals surface area contributed by atoms with Gasteiger partial charge in [0.15, 0.2) is 0 Å². The van der Waals surface area contributed by atoms with Gasteiger partial charge >= 0.3 is 0 Å². The Morgan fingerprint density at radius 2 is 1.81 bits per heavy atom. The second kappa shape index (κ2) is 8.14. The predicted molar refractivity (Wildman–Crippen MR) is 90.8 cm³/mol. The maximum absolute atomic E-state index is 6.43. The summed E-state index contributed by atoms with van der Waals surface area (Å²) in [7, 11) is 0. The summed E-state index contributed by atoms with van der Waals surface area (Å²) in [4.78, 5) is 5.05. The molecule has 2 unspecified atom stereocenters. The van der Waals surface area contributed by atoms with E-state index in [9.17, 15) is 0 Å². The minimum absolute atomic E-state index is 0.127. The van der Waals surface area contributed by atoms with Gasteiger partial charge in [0.1, 0.15) is 0 Å². The highest BCUT2D eigenvalue weighted by Crippen LogP contribution is 2.31.